The second-order valence-electron chi connectivity index (χ2n) is 6.79. The number of hydrogen-bond acceptors (Lipinski definition) is 6. The standard InChI is InChI=1S/C21H18FN5O2.CH2O2/c1-11-19(24-12(2)23-11)15-8-16(10-17(22)9-15)20(28)25-18-6-4-14(5-7-18)21-27-26-13(3)29-21;2-1-3/h4-10H,1-3H3,(H,23,24)(H,25,28);1H,(H,2,3). The normalized spacial score (nSPS) is 10.2. The summed E-state index contributed by atoms with van der Waals surface area (Å²) in [5, 5.41) is 17.4. The lowest BCUT2D eigenvalue weighted by molar-refractivity contribution is -0.122. The van der Waals surface area contributed by atoms with Crippen molar-refractivity contribution in [2.45, 2.75) is 20.8 Å². The number of imidazole rings is 1. The Morgan fingerprint density at radius 3 is 2.34 bits per heavy atom. The first-order chi connectivity index (χ1) is 15.3. The highest BCUT2D eigenvalue weighted by Crippen LogP contribution is 2.25. The maximum atomic E-state index is 14.2. The van der Waals surface area contributed by atoms with Crippen molar-refractivity contribution in [2.24, 2.45) is 0 Å². The van der Waals surface area contributed by atoms with Gasteiger partial charge in [-0.2, -0.15) is 0 Å². The van der Waals surface area contributed by atoms with E-state index in [0.29, 0.717) is 28.7 Å². The third kappa shape index (κ3) is 5.22. The number of aromatic amines is 1. The van der Waals surface area contributed by atoms with Crippen LogP contribution in [0, 0.1) is 26.6 Å². The highest BCUT2D eigenvalue weighted by atomic mass is 19.1. The molecule has 2 heterocycles. The van der Waals surface area contributed by atoms with E-state index in [1.54, 1.807) is 37.3 Å². The number of amides is 1. The second-order valence-corrected chi connectivity index (χ2v) is 6.79. The van der Waals surface area contributed by atoms with Gasteiger partial charge in [-0.1, -0.05) is 0 Å². The predicted molar refractivity (Wildman–Crippen MR) is 115 cm³/mol. The van der Waals surface area contributed by atoms with Gasteiger partial charge in [0.05, 0.1) is 5.69 Å². The summed E-state index contributed by atoms with van der Waals surface area (Å²) in [6.07, 6.45) is 0. The number of carboxylic acid groups (broad SMARTS) is 1. The van der Waals surface area contributed by atoms with E-state index in [1.165, 1.54) is 12.1 Å². The van der Waals surface area contributed by atoms with Gasteiger partial charge < -0.3 is 19.8 Å². The molecular formula is C22H20FN5O4. The van der Waals surface area contributed by atoms with Crippen LogP contribution in [0.2, 0.25) is 0 Å². The van der Waals surface area contributed by atoms with Crippen molar-refractivity contribution in [2.75, 3.05) is 5.32 Å². The molecule has 164 valence electrons. The number of nitrogens with one attached hydrogen (secondary N) is 2. The zero-order chi connectivity index (χ0) is 23.3. The van der Waals surface area contributed by atoms with E-state index >= 15 is 0 Å². The summed E-state index contributed by atoms with van der Waals surface area (Å²) >= 11 is 0. The van der Waals surface area contributed by atoms with Crippen molar-refractivity contribution in [3.8, 4) is 22.7 Å². The molecule has 10 heteroatoms. The highest BCUT2D eigenvalue weighted by Gasteiger charge is 2.14. The average Bonchev–Trinajstić information content (AvgIpc) is 3.33. The van der Waals surface area contributed by atoms with E-state index in [-0.39, 0.29) is 12.0 Å². The molecular weight excluding hydrogens is 417 g/mol. The van der Waals surface area contributed by atoms with Crippen molar-refractivity contribution in [3.05, 3.63) is 71.3 Å². The molecule has 0 unspecified atom stereocenters. The molecule has 0 aliphatic heterocycles. The molecule has 4 rings (SSSR count). The third-order valence-electron chi connectivity index (χ3n) is 4.35. The SMILES string of the molecule is Cc1nc(-c2cc(F)cc(C(=O)Nc3ccc(-c4nnc(C)o4)cc3)c2)c(C)[nH]1.O=CO. The number of nitrogens with zero attached hydrogens (tertiary/aromatic N) is 3. The minimum absolute atomic E-state index is 0.205. The number of hydrogen-bond donors (Lipinski definition) is 3. The Morgan fingerprint density at radius 2 is 1.78 bits per heavy atom. The fourth-order valence-electron chi connectivity index (χ4n) is 3.06. The molecule has 0 aliphatic carbocycles. The topological polar surface area (TPSA) is 134 Å². The van der Waals surface area contributed by atoms with Gasteiger partial charge in [-0.15, -0.1) is 10.2 Å². The predicted octanol–water partition coefficient (Wildman–Crippen LogP) is 4.14. The van der Waals surface area contributed by atoms with Crippen molar-refractivity contribution in [1.82, 2.24) is 20.2 Å². The van der Waals surface area contributed by atoms with Crippen LogP contribution in [-0.2, 0) is 4.79 Å². The summed E-state index contributed by atoms with van der Waals surface area (Å²) in [6.45, 7) is 5.14. The van der Waals surface area contributed by atoms with Crippen LogP contribution in [0.3, 0.4) is 0 Å². The van der Waals surface area contributed by atoms with E-state index in [1.807, 2.05) is 13.8 Å². The minimum Gasteiger partial charge on any atom is -0.483 e. The molecule has 1 amide bonds. The number of carbonyl (C=O) groups excluding carboxylic acids is 1. The summed E-state index contributed by atoms with van der Waals surface area (Å²) in [6, 6.07) is 11.1. The fourth-order valence-corrected chi connectivity index (χ4v) is 3.06. The van der Waals surface area contributed by atoms with Gasteiger partial charge in [-0.05, 0) is 56.3 Å². The molecule has 0 fully saturated rings. The number of anilines is 1. The van der Waals surface area contributed by atoms with E-state index < -0.39 is 11.7 Å². The van der Waals surface area contributed by atoms with Crippen LogP contribution in [0.15, 0.2) is 46.9 Å². The maximum absolute atomic E-state index is 14.2. The smallest absolute Gasteiger partial charge is 0.290 e. The average molecular weight is 437 g/mol. The molecule has 0 aliphatic rings. The third-order valence-corrected chi connectivity index (χ3v) is 4.35. The van der Waals surface area contributed by atoms with Gasteiger partial charge in [0.1, 0.15) is 11.6 Å². The Labute approximate surface area is 182 Å². The van der Waals surface area contributed by atoms with Crippen molar-refractivity contribution in [3.63, 3.8) is 0 Å². The van der Waals surface area contributed by atoms with E-state index in [2.05, 4.69) is 25.5 Å². The summed E-state index contributed by atoms with van der Waals surface area (Å²) in [4.78, 5) is 28.5. The molecule has 0 spiro atoms. The number of carbonyl (C=O) groups is 2. The number of halogens is 1. The van der Waals surface area contributed by atoms with Crippen LogP contribution < -0.4 is 5.32 Å². The highest BCUT2D eigenvalue weighted by molar-refractivity contribution is 6.05. The maximum Gasteiger partial charge on any atom is 0.290 e. The van der Waals surface area contributed by atoms with Crippen molar-refractivity contribution >= 4 is 18.1 Å². The molecule has 3 N–H and O–H groups in total. The lowest BCUT2D eigenvalue weighted by Gasteiger charge is -2.08. The van der Waals surface area contributed by atoms with Crippen molar-refractivity contribution < 1.29 is 23.5 Å². The summed E-state index contributed by atoms with van der Waals surface area (Å²) in [5.41, 5.74) is 3.48. The summed E-state index contributed by atoms with van der Waals surface area (Å²) < 4.78 is 19.5. The summed E-state index contributed by atoms with van der Waals surface area (Å²) in [5.74, 6) is 0.678. The van der Waals surface area contributed by atoms with Gasteiger partial charge in [0.15, 0.2) is 0 Å². The molecule has 0 bridgehead atoms. The molecule has 0 saturated carbocycles. The van der Waals surface area contributed by atoms with Gasteiger partial charge in [-0.3, -0.25) is 9.59 Å². The Balaban J connectivity index is 0.000000913. The van der Waals surface area contributed by atoms with Crippen LogP contribution in [0.4, 0.5) is 10.1 Å². The number of benzene rings is 2. The molecule has 9 nitrogen and oxygen atoms in total. The lowest BCUT2D eigenvalue weighted by atomic mass is 10.1. The first-order valence-electron chi connectivity index (χ1n) is 9.44. The van der Waals surface area contributed by atoms with Crippen LogP contribution in [0.1, 0.15) is 27.8 Å². The van der Waals surface area contributed by atoms with E-state index in [0.717, 1.165) is 17.1 Å². The van der Waals surface area contributed by atoms with Crippen molar-refractivity contribution in [1.29, 1.82) is 0 Å². The minimum atomic E-state index is -0.505. The number of aromatic nitrogens is 4. The first-order valence-corrected chi connectivity index (χ1v) is 9.44. The molecule has 0 atom stereocenters. The Hall–Kier alpha value is -4.34. The van der Waals surface area contributed by atoms with Gasteiger partial charge in [0.2, 0.25) is 11.8 Å². The first kappa shape index (κ1) is 22.3. The molecule has 2 aromatic heterocycles. The van der Waals surface area contributed by atoms with Gasteiger partial charge in [0, 0.05) is 35.0 Å². The van der Waals surface area contributed by atoms with Gasteiger partial charge in [-0.25, -0.2) is 9.37 Å². The lowest BCUT2D eigenvalue weighted by Crippen LogP contribution is -2.12. The number of rotatable bonds is 4. The second kappa shape index (κ2) is 9.65. The van der Waals surface area contributed by atoms with Crippen LogP contribution in [0.5, 0.6) is 0 Å². The molecule has 0 saturated heterocycles. The summed E-state index contributed by atoms with van der Waals surface area (Å²) in [7, 11) is 0. The van der Waals surface area contributed by atoms with Crippen LogP contribution in [-0.4, -0.2) is 37.7 Å². The zero-order valence-electron chi connectivity index (χ0n) is 17.5. The molecule has 0 radical (unpaired) electrons. The Bertz CT molecular complexity index is 1250. The quantitative estimate of drug-likeness (QED) is 0.408. The van der Waals surface area contributed by atoms with Crippen LogP contribution >= 0.6 is 0 Å². The largest absolute Gasteiger partial charge is 0.483 e. The Kier molecular flexibility index (Phi) is 6.74. The molecule has 32 heavy (non-hydrogen) atoms. The van der Waals surface area contributed by atoms with Crippen LogP contribution in [0.25, 0.3) is 22.7 Å². The Morgan fingerprint density at radius 1 is 1.09 bits per heavy atom. The number of H-pyrrole nitrogens is 1. The van der Waals surface area contributed by atoms with Gasteiger partial charge >= 0.3 is 0 Å². The zero-order valence-corrected chi connectivity index (χ0v) is 17.5. The van der Waals surface area contributed by atoms with Gasteiger partial charge in [0.25, 0.3) is 12.4 Å². The number of aryl methyl sites for hydroxylation is 3. The van der Waals surface area contributed by atoms with E-state index in [9.17, 15) is 9.18 Å². The monoisotopic (exact) mass is 437 g/mol. The van der Waals surface area contributed by atoms with E-state index in [4.69, 9.17) is 14.3 Å². The molecule has 2 aromatic carbocycles. The fraction of sp³-hybridized carbons (Fsp3) is 0.136. The molecule has 4 aromatic rings.